The van der Waals surface area contributed by atoms with Crippen molar-refractivity contribution in [1.82, 2.24) is 0 Å². The summed E-state index contributed by atoms with van der Waals surface area (Å²) in [7, 11) is 0. The van der Waals surface area contributed by atoms with E-state index in [9.17, 15) is 4.79 Å². The molecule has 1 N–H and O–H groups in total. The van der Waals surface area contributed by atoms with Gasteiger partial charge in [-0.1, -0.05) is 0 Å². The van der Waals surface area contributed by atoms with Crippen LogP contribution >= 0.6 is 13.6 Å². The van der Waals surface area contributed by atoms with Gasteiger partial charge in [0, 0.05) is 0 Å². The van der Waals surface area contributed by atoms with E-state index in [-0.39, 0.29) is 0 Å². The van der Waals surface area contributed by atoms with Crippen LogP contribution in [0.2, 0.25) is 0 Å². The van der Waals surface area contributed by atoms with Crippen LogP contribution in [0.25, 0.3) is 0 Å². The Morgan fingerprint density at radius 1 is 1.45 bits per heavy atom. The normalized spacial score (nSPS) is 7.91. The second kappa shape index (κ2) is 6.50. The molecule has 0 saturated carbocycles. The molecule has 0 aliphatic rings. The molecule has 1 rings (SSSR count). The van der Waals surface area contributed by atoms with E-state index in [1.54, 1.807) is 12.1 Å². The van der Waals surface area contributed by atoms with Gasteiger partial charge in [0.05, 0.1) is 0 Å². The number of benzene rings is 1. The second-order valence-electron chi connectivity index (χ2n) is 1.59. The summed E-state index contributed by atoms with van der Waals surface area (Å²) >= 11 is 4.25. The molecule has 0 fully saturated rings. The van der Waals surface area contributed by atoms with E-state index in [4.69, 9.17) is 5.11 Å². The van der Waals surface area contributed by atoms with Crippen LogP contribution in [0.1, 0.15) is 10.4 Å². The minimum absolute atomic E-state index is 0.300. The van der Waals surface area contributed by atoms with Gasteiger partial charge in [0.1, 0.15) is 0 Å². The molecule has 0 heterocycles. The molecule has 0 saturated heterocycles. The molecule has 4 heteroatoms. The molecular formula is C7H5BrO2Zn. The van der Waals surface area contributed by atoms with Gasteiger partial charge in [0.25, 0.3) is 0 Å². The summed E-state index contributed by atoms with van der Waals surface area (Å²) < 4.78 is 0. The fraction of sp³-hybridized carbons (Fsp3) is 0. The molecule has 0 spiro atoms. The van der Waals surface area contributed by atoms with Crippen LogP contribution in [0.4, 0.5) is 0 Å². The van der Waals surface area contributed by atoms with Crippen molar-refractivity contribution in [3.63, 3.8) is 0 Å². The molecule has 0 unspecified atom stereocenters. The van der Waals surface area contributed by atoms with Crippen LogP contribution in [-0.4, -0.2) is 11.1 Å². The van der Waals surface area contributed by atoms with Gasteiger partial charge < -0.3 is 5.11 Å². The molecule has 1 aromatic carbocycles. The third-order valence-corrected chi connectivity index (χ3v) is 0.965. The quantitative estimate of drug-likeness (QED) is 0.624. The minimum atomic E-state index is -0.899. The van der Waals surface area contributed by atoms with Crippen LogP contribution in [0.15, 0.2) is 24.3 Å². The second-order valence-corrected chi connectivity index (χ2v) is 1.59. The Morgan fingerprint density at radius 2 is 1.91 bits per heavy atom. The third kappa shape index (κ3) is 4.28. The maximum atomic E-state index is 10.2. The topological polar surface area (TPSA) is 37.3 Å². The molecule has 0 bridgehead atoms. The first-order chi connectivity index (χ1) is 5.30. The molecule has 0 aliphatic carbocycles. The van der Waals surface area contributed by atoms with Gasteiger partial charge in [-0.25, -0.2) is 4.79 Å². The van der Waals surface area contributed by atoms with Gasteiger partial charge in [-0.05, 0) is 5.56 Å². The Kier molecular flexibility index (Phi) is 6.38. The van der Waals surface area contributed by atoms with Crippen molar-refractivity contribution in [3.8, 4) is 0 Å². The zero-order valence-electron chi connectivity index (χ0n) is 5.75. The van der Waals surface area contributed by atoms with E-state index in [1.807, 2.05) is 0 Å². The summed E-state index contributed by atoms with van der Waals surface area (Å²) in [5, 5.41) is 8.37. The van der Waals surface area contributed by atoms with Crippen molar-refractivity contribution >= 4 is 19.6 Å². The van der Waals surface area contributed by atoms with Gasteiger partial charge in [-0.15, -0.1) is 0 Å². The van der Waals surface area contributed by atoms with Gasteiger partial charge in [0.15, 0.2) is 0 Å². The summed E-state index contributed by atoms with van der Waals surface area (Å²) in [4.78, 5) is 10.2. The Hall–Kier alpha value is -0.207. The van der Waals surface area contributed by atoms with Crippen molar-refractivity contribution in [2.24, 2.45) is 0 Å². The van der Waals surface area contributed by atoms with Crippen LogP contribution in [0, 0.1) is 6.07 Å². The fourth-order valence-electron chi connectivity index (χ4n) is 0.529. The van der Waals surface area contributed by atoms with E-state index in [1.165, 1.54) is 28.5 Å². The van der Waals surface area contributed by atoms with Crippen molar-refractivity contribution in [2.45, 2.75) is 0 Å². The van der Waals surface area contributed by atoms with E-state index in [2.05, 4.69) is 19.7 Å². The Bertz CT molecular complexity index is 213. The Balaban J connectivity index is 0.000000461. The summed E-state index contributed by atoms with van der Waals surface area (Å²) in [6, 6.07) is 8.87. The van der Waals surface area contributed by atoms with E-state index in [0.29, 0.717) is 5.56 Å². The zero-order valence-corrected chi connectivity index (χ0v) is 10.3. The van der Waals surface area contributed by atoms with Crippen molar-refractivity contribution in [1.29, 1.82) is 0 Å². The number of halogens is 1. The fourth-order valence-corrected chi connectivity index (χ4v) is 0.529. The number of hydrogen-bond donors (Lipinski definition) is 1. The first-order valence-corrected chi connectivity index (χ1v) is 9.72. The van der Waals surface area contributed by atoms with Crippen molar-refractivity contribution < 1.29 is 26.2 Å². The first kappa shape index (κ1) is 10.8. The van der Waals surface area contributed by atoms with Gasteiger partial charge >= 0.3 is 35.9 Å². The first-order valence-electron chi connectivity index (χ1n) is 2.77. The van der Waals surface area contributed by atoms with Crippen molar-refractivity contribution in [2.75, 3.05) is 0 Å². The van der Waals surface area contributed by atoms with Gasteiger partial charge in [0.2, 0.25) is 0 Å². The maximum absolute atomic E-state index is 10.2. The monoisotopic (exact) mass is 264 g/mol. The van der Waals surface area contributed by atoms with Gasteiger partial charge in [-0.3, -0.25) is 0 Å². The van der Waals surface area contributed by atoms with Crippen LogP contribution in [-0.2, 0) is 16.3 Å². The average molecular weight is 266 g/mol. The van der Waals surface area contributed by atoms with Crippen LogP contribution in [0.5, 0.6) is 0 Å². The number of hydrogen-bond acceptors (Lipinski definition) is 1. The number of carboxylic acid groups (broad SMARTS) is 1. The van der Waals surface area contributed by atoms with Gasteiger partial charge in [-0.2, -0.15) is 30.3 Å². The SMILES string of the molecule is O=C(O)c1cc[c-]cc1.[Zn+][Br]. The predicted octanol–water partition coefficient (Wildman–Crippen LogP) is 2.03. The molecule has 2 nitrogen and oxygen atoms in total. The number of carbonyl (C=O) groups is 1. The molecular weight excluding hydrogens is 261 g/mol. The molecule has 0 aromatic heterocycles. The summed E-state index contributed by atoms with van der Waals surface area (Å²) in [6.45, 7) is 0. The predicted molar refractivity (Wildman–Crippen MR) is 41.2 cm³/mol. The molecule has 1 aromatic rings. The number of carboxylic acids is 1. The van der Waals surface area contributed by atoms with E-state index < -0.39 is 5.97 Å². The summed E-state index contributed by atoms with van der Waals surface area (Å²) in [5.41, 5.74) is 0.300. The zero-order chi connectivity index (χ0) is 8.69. The molecule has 11 heavy (non-hydrogen) atoms. The van der Waals surface area contributed by atoms with Crippen LogP contribution < -0.4 is 0 Å². The third-order valence-electron chi connectivity index (χ3n) is 0.965. The summed E-state index contributed by atoms with van der Waals surface area (Å²) in [5.74, 6) is -0.899. The van der Waals surface area contributed by atoms with Crippen molar-refractivity contribution in [3.05, 3.63) is 35.9 Å². The molecule has 0 radical (unpaired) electrons. The standard InChI is InChI=1S/C7H5O2.BrH.Zn/c8-7(9)6-4-2-1-3-5-6;;/h2-5H,(H,8,9);1H;/q-1;;+2/p-1. The number of rotatable bonds is 1. The molecule has 0 amide bonds. The molecule has 54 valence electrons. The molecule has 0 aliphatic heterocycles. The average Bonchev–Trinajstić information content (AvgIpc) is 2.10. The van der Waals surface area contributed by atoms with Crippen LogP contribution in [0.3, 0.4) is 0 Å². The Morgan fingerprint density at radius 3 is 2.18 bits per heavy atom. The Labute approximate surface area is 81.7 Å². The molecule has 0 atom stereocenters. The summed E-state index contributed by atoms with van der Waals surface area (Å²) in [6.07, 6.45) is 0. The van der Waals surface area contributed by atoms with E-state index in [0.717, 1.165) is 0 Å². The number of aromatic carboxylic acids is 1. The van der Waals surface area contributed by atoms with E-state index >= 15 is 0 Å².